The molecule has 1 aromatic rings. The van der Waals surface area contributed by atoms with Gasteiger partial charge in [-0.25, -0.2) is 4.98 Å². The van der Waals surface area contributed by atoms with E-state index in [1.165, 1.54) is 25.9 Å². The third kappa shape index (κ3) is 2.63. The van der Waals surface area contributed by atoms with Gasteiger partial charge < -0.3 is 15.5 Å². The van der Waals surface area contributed by atoms with E-state index in [0.717, 1.165) is 25.9 Å². The van der Waals surface area contributed by atoms with E-state index in [0.29, 0.717) is 17.4 Å². The highest BCUT2D eigenvalue weighted by Gasteiger charge is 2.29. The average Bonchev–Trinajstić information content (AvgIpc) is 3.01. The predicted octanol–water partition coefficient (Wildman–Crippen LogP) is 1.36. The SMILES string of the molecule is Nc1cccnc1C(=O)N1CCC(N2CCCC2)CC1. The quantitative estimate of drug-likeness (QED) is 0.884. The van der Waals surface area contributed by atoms with Gasteiger partial charge in [-0.05, 0) is 50.9 Å². The molecule has 0 bridgehead atoms. The highest BCUT2D eigenvalue weighted by molar-refractivity contribution is 5.97. The fourth-order valence-electron chi connectivity index (χ4n) is 3.29. The van der Waals surface area contributed by atoms with Crippen molar-refractivity contribution in [2.45, 2.75) is 31.7 Å². The molecule has 20 heavy (non-hydrogen) atoms. The topological polar surface area (TPSA) is 62.5 Å². The van der Waals surface area contributed by atoms with Crippen molar-refractivity contribution in [2.75, 3.05) is 31.9 Å². The number of amides is 1. The van der Waals surface area contributed by atoms with Crippen LogP contribution in [-0.4, -0.2) is 52.9 Å². The van der Waals surface area contributed by atoms with Crippen LogP contribution in [0.4, 0.5) is 5.69 Å². The number of nitrogens with zero attached hydrogens (tertiary/aromatic N) is 3. The summed E-state index contributed by atoms with van der Waals surface area (Å²) in [5, 5.41) is 0. The molecule has 0 unspecified atom stereocenters. The fraction of sp³-hybridized carbons (Fsp3) is 0.600. The van der Waals surface area contributed by atoms with Gasteiger partial charge in [-0.2, -0.15) is 0 Å². The van der Waals surface area contributed by atoms with Crippen LogP contribution >= 0.6 is 0 Å². The van der Waals surface area contributed by atoms with E-state index in [4.69, 9.17) is 5.73 Å². The van der Waals surface area contributed by atoms with E-state index in [2.05, 4.69) is 9.88 Å². The zero-order chi connectivity index (χ0) is 13.9. The Morgan fingerprint density at radius 2 is 1.90 bits per heavy atom. The number of pyridine rings is 1. The molecule has 2 aliphatic rings. The number of nitrogen functional groups attached to an aromatic ring is 1. The van der Waals surface area contributed by atoms with Crippen molar-refractivity contribution in [2.24, 2.45) is 0 Å². The first-order valence-electron chi connectivity index (χ1n) is 7.49. The molecule has 0 saturated carbocycles. The maximum Gasteiger partial charge on any atom is 0.274 e. The van der Waals surface area contributed by atoms with E-state index in [1.807, 2.05) is 4.90 Å². The Bertz CT molecular complexity index is 477. The van der Waals surface area contributed by atoms with Gasteiger partial charge in [-0.1, -0.05) is 0 Å². The number of anilines is 1. The summed E-state index contributed by atoms with van der Waals surface area (Å²) in [7, 11) is 0. The number of carbonyl (C=O) groups is 1. The lowest BCUT2D eigenvalue weighted by Gasteiger charge is -2.36. The zero-order valence-electron chi connectivity index (χ0n) is 11.8. The van der Waals surface area contributed by atoms with Crippen LogP contribution in [0.1, 0.15) is 36.2 Å². The minimum Gasteiger partial charge on any atom is -0.397 e. The minimum absolute atomic E-state index is 0.0250. The number of hydrogen-bond acceptors (Lipinski definition) is 4. The molecule has 5 heteroatoms. The van der Waals surface area contributed by atoms with Crippen molar-refractivity contribution >= 4 is 11.6 Å². The first-order valence-corrected chi connectivity index (χ1v) is 7.49. The van der Waals surface area contributed by atoms with Crippen molar-refractivity contribution in [3.63, 3.8) is 0 Å². The molecule has 108 valence electrons. The second-order valence-corrected chi connectivity index (χ2v) is 5.71. The van der Waals surface area contributed by atoms with Gasteiger partial charge in [0.15, 0.2) is 5.69 Å². The lowest BCUT2D eigenvalue weighted by atomic mass is 10.0. The molecule has 0 aliphatic carbocycles. The van der Waals surface area contributed by atoms with E-state index < -0.39 is 0 Å². The van der Waals surface area contributed by atoms with Gasteiger partial charge in [-0.15, -0.1) is 0 Å². The number of aromatic nitrogens is 1. The van der Waals surface area contributed by atoms with Crippen LogP contribution in [0.25, 0.3) is 0 Å². The second-order valence-electron chi connectivity index (χ2n) is 5.71. The van der Waals surface area contributed by atoms with Gasteiger partial charge in [0.2, 0.25) is 0 Å². The van der Waals surface area contributed by atoms with Gasteiger partial charge in [0.05, 0.1) is 5.69 Å². The number of rotatable bonds is 2. The fourth-order valence-corrected chi connectivity index (χ4v) is 3.29. The molecule has 2 N–H and O–H groups in total. The Morgan fingerprint density at radius 1 is 1.20 bits per heavy atom. The van der Waals surface area contributed by atoms with Gasteiger partial charge in [0.1, 0.15) is 0 Å². The molecule has 2 saturated heterocycles. The normalized spacial score (nSPS) is 21.3. The molecular formula is C15H22N4O. The van der Waals surface area contributed by atoms with Crippen LogP contribution in [0.15, 0.2) is 18.3 Å². The maximum atomic E-state index is 12.4. The molecule has 5 nitrogen and oxygen atoms in total. The lowest BCUT2D eigenvalue weighted by Crippen LogP contribution is -2.46. The summed E-state index contributed by atoms with van der Waals surface area (Å²) in [4.78, 5) is 21.0. The number of piperidine rings is 1. The van der Waals surface area contributed by atoms with E-state index in [-0.39, 0.29) is 5.91 Å². The highest BCUT2D eigenvalue weighted by atomic mass is 16.2. The molecule has 3 rings (SSSR count). The highest BCUT2D eigenvalue weighted by Crippen LogP contribution is 2.22. The number of nitrogens with two attached hydrogens (primary N) is 1. The smallest absolute Gasteiger partial charge is 0.274 e. The van der Waals surface area contributed by atoms with Crippen LogP contribution in [0.2, 0.25) is 0 Å². The Hall–Kier alpha value is -1.62. The summed E-state index contributed by atoms with van der Waals surface area (Å²) in [5.74, 6) is -0.0250. The van der Waals surface area contributed by atoms with Crippen LogP contribution in [-0.2, 0) is 0 Å². The standard InChI is InChI=1S/C15H22N4O/c16-13-4-3-7-17-14(13)15(20)19-10-5-12(6-11-19)18-8-1-2-9-18/h3-4,7,12H,1-2,5-6,8-11,16H2. The van der Waals surface area contributed by atoms with Gasteiger partial charge in [0.25, 0.3) is 5.91 Å². The molecule has 1 amide bonds. The Kier molecular flexibility index (Phi) is 3.87. The Labute approximate surface area is 119 Å². The first kappa shape index (κ1) is 13.4. The number of carbonyl (C=O) groups excluding carboxylic acids is 1. The first-order chi connectivity index (χ1) is 9.75. The second kappa shape index (κ2) is 5.79. The van der Waals surface area contributed by atoms with Gasteiger partial charge in [-0.3, -0.25) is 4.79 Å². The zero-order valence-corrected chi connectivity index (χ0v) is 11.8. The summed E-state index contributed by atoms with van der Waals surface area (Å²) in [6.07, 6.45) is 6.41. The Balaban J connectivity index is 1.60. The van der Waals surface area contributed by atoms with Gasteiger partial charge >= 0.3 is 0 Å². The Morgan fingerprint density at radius 3 is 2.55 bits per heavy atom. The lowest BCUT2D eigenvalue weighted by molar-refractivity contribution is 0.0640. The average molecular weight is 274 g/mol. The van der Waals surface area contributed by atoms with E-state index >= 15 is 0 Å². The van der Waals surface area contributed by atoms with Crippen LogP contribution < -0.4 is 5.73 Å². The van der Waals surface area contributed by atoms with E-state index in [9.17, 15) is 4.79 Å². The van der Waals surface area contributed by atoms with Crippen molar-refractivity contribution in [1.82, 2.24) is 14.8 Å². The van der Waals surface area contributed by atoms with Crippen LogP contribution in [0.3, 0.4) is 0 Å². The number of likely N-dealkylation sites (tertiary alicyclic amines) is 2. The molecule has 0 atom stereocenters. The molecule has 2 fully saturated rings. The molecule has 0 radical (unpaired) electrons. The molecular weight excluding hydrogens is 252 g/mol. The third-order valence-electron chi connectivity index (χ3n) is 4.45. The van der Waals surface area contributed by atoms with Crippen molar-refractivity contribution < 1.29 is 4.79 Å². The largest absolute Gasteiger partial charge is 0.397 e. The summed E-state index contributed by atoms with van der Waals surface area (Å²) in [5.41, 5.74) is 6.70. The van der Waals surface area contributed by atoms with Crippen LogP contribution in [0.5, 0.6) is 0 Å². The summed E-state index contributed by atoms with van der Waals surface area (Å²) < 4.78 is 0. The molecule has 0 aromatic carbocycles. The summed E-state index contributed by atoms with van der Waals surface area (Å²) in [6.45, 7) is 4.09. The van der Waals surface area contributed by atoms with Crippen molar-refractivity contribution in [3.8, 4) is 0 Å². The summed E-state index contributed by atoms with van der Waals surface area (Å²) >= 11 is 0. The molecule has 3 heterocycles. The number of hydrogen-bond donors (Lipinski definition) is 1. The molecule has 2 aliphatic heterocycles. The monoisotopic (exact) mass is 274 g/mol. The van der Waals surface area contributed by atoms with Crippen LogP contribution in [0, 0.1) is 0 Å². The molecule has 0 spiro atoms. The molecule has 1 aromatic heterocycles. The minimum atomic E-state index is -0.0250. The van der Waals surface area contributed by atoms with Crippen molar-refractivity contribution in [1.29, 1.82) is 0 Å². The summed E-state index contributed by atoms with van der Waals surface area (Å²) in [6, 6.07) is 4.14. The third-order valence-corrected chi connectivity index (χ3v) is 4.45. The van der Waals surface area contributed by atoms with E-state index in [1.54, 1.807) is 18.3 Å². The van der Waals surface area contributed by atoms with Gasteiger partial charge in [0, 0.05) is 25.3 Å². The maximum absolute atomic E-state index is 12.4. The van der Waals surface area contributed by atoms with Crippen molar-refractivity contribution in [3.05, 3.63) is 24.0 Å². The predicted molar refractivity (Wildman–Crippen MR) is 78.4 cm³/mol.